The minimum atomic E-state index is -0.281. The van der Waals surface area contributed by atoms with E-state index < -0.39 is 0 Å². The average molecular weight is 262 g/mol. The molecule has 0 bridgehead atoms. The molecule has 0 aliphatic heterocycles. The summed E-state index contributed by atoms with van der Waals surface area (Å²) in [6.45, 7) is 4.08. The van der Waals surface area contributed by atoms with Gasteiger partial charge in [0.05, 0.1) is 4.92 Å². The minimum Gasteiger partial charge on any atom is -0.377 e. The van der Waals surface area contributed by atoms with E-state index in [1.165, 1.54) is 19.3 Å². The minimum absolute atomic E-state index is 0.222. The fourth-order valence-corrected chi connectivity index (χ4v) is 2.87. The Balaban J connectivity index is 2.14. The van der Waals surface area contributed by atoms with Crippen LogP contribution in [0.15, 0.2) is 18.2 Å². The van der Waals surface area contributed by atoms with E-state index in [0.717, 1.165) is 24.3 Å². The Hall–Kier alpha value is -1.58. The number of aryl methyl sites for hydroxylation is 1. The molecule has 104 valence electrons. The van der Waals surface area contributed by atoms with Gasteiger partial charge < -0.3 is 5.32 Å². The summed E-state index contributed by atoms with van der Waals surface area (Å²) < 4.78 is 0. The summed E-state index contributed by atoms with van der Waals surface area (Å²) in [5, 5.41) is 14.6. The van der Waals surface area contributed by atoms with Crippen LogP contribution in [-0.4, -0.2) is 11.0 Å². The van der Waals surface area contributed by atoms with E-state index in [2.05, 4.69) is 12.2 Å². The van der Waals surface area contributed by atoms with Gasteiger partial charge in [0.15, 0.2) is 0 Å². The highest BCUT2D eigenvalue weighted by Crippen LogP contribution is 2.31. The molecule has 1 saturated carbocycles. The van der Waals surface area contributed by atoms with Crippen molar-refractivity contribution in [3.63, 3.8) is 0 Å². The Kier molecular flexibility index (Phi) is 4.40. The van der Waals surface area contributed by atoms with E-state index in [4.69, 9.17) is 0 Å². The number of nitro groups is 1. The van der Waals surface area contributed by atoms with E-state index in [0.29, 0.717) is 11.7 Å². The summed E-state index contributed by atoms with van der Waals surface area (Å²) in [6.07, 6.45) is 5.89. The zero-order valence-electron chi connectivity index (χ0n) is 11.7. The van der Waals surface area contributed by atoms with Crippen molar-refractivity contribution < 1.29 is 4.92 Å². The first-order chi connectivity index (χ1) is 9.08. The third-order valence-corrected chi connectivity index (χ3v) is 4.04. The monoisotopic (exact) mass is 262 g/mol. The lowest BCUT2D eigenvalue weighted by Gasteiger charge is -2.18. The van der Waals surface area contributed by atoms with Crippen LogP contribution in [0.2, 0.25) is 0 Å². The molecular formula is C15H22N2O2. The SMILES string of the molecule is Cc1cccc(NC2CCCC(C)CC2)c1[N+](=O)[O-]. The second kappa shape index (κ2) is 6.04. The number of nitrogens with one attached hydrogen (secondary N) is 1. The van der Waals surface area contributed by atoms with Gasteiger partial charge in [0, 0.05) is 11.6 Å². The molecule has 2 atom stereocenters. The first-order valence-electron chi connectivity index (χ1n) is 7.08. The molecule has 0 amide bonds. The lowest BCUT2D eigenvalue weighted by atomic mass is 10.0. The molecule has 0 heterocycles. The lowest BCUT2D eigenvalue weighted by Crippen LogP contribution is -2.19. The maximum Gasteiger partial charge on any atom is 0.295 e. The van der Waals surface area contributed by atoms with E-state index >= 15 is 0 Å². The highest BCUT2D eigenvalue weighted by Gasteiger charge is 2.21. The van der Waals surface area contributed by atoms with E-state index in [1.54, 1.807) is 13.0 Å². The van der Waals surface area contributed by atoms with Crippen LogP contribution in [0.3, 0.4) is 0 Å². The molecule has 0 spiro atoms. The second-order valence-electron chi connectivity index (χ2n) is 5.68. The van der Waals surface area contributed by atoms with Crippen molar-refractivity contribution in [3.05, 3.63) is 33.9 Å². The largest absolute Gasteiger partial charge is 0.377 e. The number of benzene rings is 1. The molecular weight excluding hydrogens is 240 g/mol. The number of hydrogen-bond donors (Lipinski definition) is 1. The van der Waals surface area contributed by atoms with Gasteiger partial charge in [-0.15, -0.1) is 0 Å². The fraction of sp³-hybridized carbons (Fsp3) is 0.600. The Morgan fingerprint density at radius 2 is 2.05 bits per heavy atom. The Morgan fingerprint density at radius 1 is 1.26 bits per heavy atom. The van der Waals surface area contributed by atoms with Crippen LogP contribution >= 0.6 is 0 Å². The van der Waals surface area contributed by atoms with Crippen molar-refractivity contribution >= 4 is 11.4 Å². The summed E-state index contributed by atoms with van der Waals surface area (Å²) in [5.41, 5.74) is 1.61. The third-order valence-electron chi connectivity index (χ3n) is 4.04. The molecule has 1 fully saturated rings. The number of nitrogens with zero attached hydrogens (tertiary/aromatic N) is 1. The molecule has 1 N–H and O–H groups in total. The number of hydrogen-bond acceptors (Lipinski definition) is 3. The van der Waals surface area contributed by atoms with Gasteiger partial charge in [0.25, 0.3) is 5.69 Å². The lowest BCUT2D eigenvalue weighted by molar-refractivity contribution is -0.384. The summed E-state index contributed by atoms with van der Waals surface area (Å²) in [5.74, 6) is 0.777. The second-order valence-corrected chi connectivity index (χ2v) is 5.68. The molecule has 1 aromatic carbocycles. The molecule has 1 aliphatic rings. The van der Waals surface area contributed by atoms with Crippen molar-refractivity contribution in [3.8, 4) is 0 Å². The Morgan fingerprint density at radius 3 is 2.79 bits per heavy atom. The molecule has 4 heteroatoms. The fourth-order valence-electron chi connectivity index (χ4n) is 2.87. The number of anilines is 1. The van der Waals surface area contributed by atoms with Crippen LogP contribution in [0.4, 0.5) is 11.4 Å². The summed E-state index contributed by atoms with van der Waals surface area (Å²) in [6, 6.07) is 5.85. The molecule has 1 aromatic rings. The molecule has 0 radical (unpaired) electrons. The molecule has 1 aliphatic carbocycles. The highest BCUT2D eigenvalue weighted by atomic mass is 16.6. The Labute approximate surface area is 114 Å². The zero-order valence-corrected chi connectivity index (χ0v) is 11.7. The van der Waals surface area contributed by atoms with Crippen molar-refractivity contribution in [1.29, 1.82) is 0 Å². The van der Waals surface area contributed by atoms with Crippen LogP contribution in [-0.2, 0) is 0 Å². The maximum absolute atomic E-state index is 11.2. The van der Waals surface area contributed by atoms with Crippen molar-refractivity contribution in [1.82, 2.24) is 0 Å². The predicted molar refractivity (Wildman–Crippen MR) is 77.5 cm³/mol. The predicted octanol–water partition coefficient (Wildman–Crippen LogP) is 4.28. The van der Waals surface area contributed by atoms with Crippen LogP contribution < -0.4 is 5.32 Å². The smallest absolute Gasteiger partial charge is 0.295 e. The number of para-hydroxylation sites is 1. The van der Waals surface area contributed by atoms with Gasteiger partial charge in [-0.3, -0.25) is 10.1 Å². The topological polar surface area (TPSA) is 55.2 Å². The standard InChI is InChI=1S/C15H22N2O2/c1-11-5-3-7-13(10-9-11)16-14-8-4-6-12(2)15(14)17(18)19/h4,6,8,11,13,16H,3,5,7,9-10H2,1-2H3. The van der Waals surface area contributed by atoms with Crippen LogP contribution in [0, 0.1) is 23.0 Å². The average Bonchev–Trinajstić information content (AvgIpc) is 2.54. The van der Waals surface area contributed by atoms with Gasteiger partial charge in [-0.25, -0.2) is 0 Å². The molecule has 4 nitrogen and oxygen atoms in total. The molecule has 2 rings (SSSR count). The van der Waals surface area contributed by atoms with E-state index in [9.17, 15) is 10.1 Å². The molecule has 0 saturated heterocycles. The first-order valence-corrected chi connectivity index (χ1v) is 7.08. The zero-order chi connectivity index (χ0) is 13.8. The van der Waals surface area contributed by atoms with E-state index in [-0.39, 0.29) is 10.6 Å². The normalized spacial score (nSPS) is 23.7. The summed E-state index contributed by atoms with van der Waals surface area (Å²) in [7, 11) is 0. The van der Waals surface area contributed by atoms with Gasteiger partial charge >= 0.3 is 0 Å². The highest BCUT2D eigenvalue weighted by molar-refractivity contribution is 5.65. The van der Waals surface area contributed by atoms with Gasteiger partial charge in [-0.1, -0.05) is 31.9 Å². The molecule has 2 unspecified atom stereocenters. The Bertz CT molecular complexity index is 459. The van der Waals surface area contributed by atoms with Crippen LogP contribution in [0.25, 0.3) is 0 Å². The van der Waals surface area contributed by atoms with Crippen molar-refractivity contribution in [2.24, 2.45) is 5.92 Å². The molecule has 0 aromatic heterocycles. The van der Waals surface area contributed by atoms with Gasteiger partial charge in [0.2, 0.25) is 0 Å². The quantitative estimate of drug-likeness (QED) is 0.502. The van der Waals surface area contributed by atoms with Crippen LogP contribution in [0.1, 0.15) is 44.6 Å². The molecule has 19 heavy (non-hydrogen) atoms. The van der Waals surface area contributed by atoms with Crippen molar-refractivity contribution in [2.75, 3.05) is 5.32 Å². The van der Waals surface area contributed by atoms with Crippen LogP contribution in [0.5, 0.6) is 0 Å². The number of rotatable bonds is 3. The number of nitro benzene ring substituents is 1. The summed E-state index contributed by atoms with van der Waals surface area (Å²) >= 11 is 0. The first kappa shape index (κ1) is 13.8. The maximum atomic E-state index is 11.2. The summed E-state index contributed by atoms with van der Waals surface area (Å²) in [4.78, 5) is 10.9. The van der Waals surface area contributed by atoms with Gasteiger partial charge in [-0.05, 0) is 38.2 Å². The van der Waals surface area contributed by atoms with Crippen molar-refractivity contribution in [2.45, 2.75) is 52.0 Å². The van der Waals surface area contributed by atoms with E-state index in [1.807, 2.05) is 12.1 Å². The van der Waals surface area contributed by atoms with Gasteiger partial charge in [0.1, 0.15) is 5.69 Å². The van der Waals surface area contributed by atoms with Gasteiger partial charge in [-0.2, -0.15) is 0 Å². The third kappa shape index (κ3) is 3.46.